The summed E-state index contributed by atoms with van der Waals surface area (Å²) < 4.78 is 0. The Labute approximate surface area is 99.2 Å². The highest BCUT2D eigenvalue weighted by atomic mass is 16.3. The molecule has 0 aromatic carbocycles. The van der Waals surface area contributed by atoms with Crippen LogP contribution in [0.1, 0.15) is 46.0 Å². The summed E-state index contributed by atoms with van der Waals surface area (Å²) in [7, 11) is 0. The van der Waals surface area contributed by atoms with Crippen molar-refractivity contribution in [1.29, 1.82) is 0 Å². The molecule has 0 bridgehead atoms. The molecule has 2 rings (SSSR count). The van der Waals surface area contributed by atoms with Gasteiger partial charge in [-0.25, -0.2) is 0 Å². The highest BCUT2D eigenvalue weighted by Crippen LogP contribution is 2.26. The maximum atomic E-state index is 9.77. The topological polar surface area (TPSA) is 35.5 Å². The van der Waals surface area contributed by atoms with Crippen molar-refractivity contribution in [3.63, 3.8) is 0 Å². The highest BCUT2D eigenvalue weighted by molar-refractivity contribution is 4.93. The van der Waals surface area contributed by atoms with Gasteiger partial charge in [0.05, 0.1) is 6.10 Å². The van der Waals surface area contributed by atoms with Crippen LogP contribution in [-0.2, 0) is 0 Å². The van der Waals surface area contributed by atoms with Gasteiger partial charge >= 0.3 is 0 Å². The third kappa shape index (κ3) is 2.58. The summed E-state index contributed by atoms with van der Waals surface area (Å²) in [6.45, 7) is 6.42. The van der Waals surface area contributed by atoms with Crippen LogP contribution in [0.2, 0.25) is 0 Å². The van der Waals surface area contributed by atoms with E-state index >= 15 is 0 Å². The molecule has 0 saturated carbocycles. The van der Waals surface area contributed by atoms with Gasteiger partial charge in [0.1, 0.15) is 0 Å². The molecule has 4 unspecified atom stereocenters. The Kier molecular flexibility index (Phi) is 4.22. The highest BCUT2D eigenvalue weighted by Gasteiger charge is 2.34. The molecule has 4 atom stereocenters. The number of piperidine rings is 1. The van der Waals surface area contributed by atoms with E-state index in [1.807, 2.05) is 6.92 Å². The zero-order valence-corrected chi connectivity index (χ0v) is 10.7. The Hall–Kier alpha value is -0.120. The van der Waals surface area contributed by atoms with Gasteiger partial charge in [-0.1, -0.05) is 6.42 Å². The van der Waals surface area contributed by atoms with Crippen molar-refractivity contribution in [3.8, 4) is 0 Å². The maximum Gasteiger partial charge on any atom is 0.0664 e. The molecule has 2 aliphatic heterocycles. The molecular weight excluding hydrogens is 200 g/mol. The summed E-state index contributed by atoms with van der Waals surface area (Å²) in [4.78, 5) is 2.54. The van der Waals surface area contributed by atoms with Gasteiger partial charge in [0, 0.05) is 18.1 Å². The van der Waals surface area contributed by atoms with Crippen LogP contribution in [0.25, 0.3) is 0 Å². The minimum atomic E-state index is -0.220. The largest absolute Gasteiger partial charge is 0.392 e. The number of aliphatic hydroxyl groups excluding tert-OH is 1. The van der Waals surface area contributed by atoms with E-state index < -0.39 is 0 Å². The number of rotatable bonds is 3. The average molecular weight is 226 g/mol. The predicted octanol–water partition coefficient (Wildman–Crippen LogP) is 1.36. The minimum Gasteiger partial charge on any atom is -0.392 e. The number of hydrogen-bond donors (Lipinski definition) is 2. The van der Waals surface area contributed by atoms with Crippen LogP contribution in [0.4, 0.5) is 0 Å². The Bertz CT molecular complexity index is 204. The van der Waals surface area contributed by atoms with Gasteiger partial charge in [0.2, 0.25) is 0 Å². The zero-order chi connectivity index (χ0) is 11.5. The smallest absolute Gasteiger partial charge is 0.0664 e. The summed E-state index contributed by atoms with van der Waals surface area (Å²) in [5, 5.41) is 13.4. The Morgan fingerprint density at radius 3 is 2.62 bits per heavy atom. The molecule has 0 spiro atoms. The minimum absolute atomic E-state index is 0.220. The second-order valence-corrected chi connectivity index (χ2v) is 5.49. The van der Waals surface area contributed by atoms with E-state index in [9.17, 15) is 5.11 Å². The van der Waals surface area contributed by atoms with Gasteiger partial charge in [0.25, 0.3) is 0 Å². The van der Waals surface area contributed by atoms with E-state index in [4.69, 9.17) is 0 Å². The van der Waals surface area contributed by atoms with Crippen molar-refractivity contribution in [2.45, 2.75) is 70.2 Å². The average Bonchev–Trinajstić information content (AvgIpc) is 2.81. The van der Waals surface area contributed by atoms with E-state index in [-0.39, 0.29) is 6.10 Å². The van der Waals surface area contributed by atoms with E-state index in [2.05, 4.69) is 17.1 Å². The quantitative estimate of drug-likeness (QED) is 0.763. The SMILES string of the molecule is CC(O)C(C)N1CCCCC1C1CCCN1. The summed E-state index contributed by atoms with van der Waals surface area (Å²) in [5.41, 5.74) is 0. The van der Waals surface area contributed by atoms with E-state index in [1.54, 1.807) is 0 Å². The third-order valence-corrected chi connectivity index (χ3v) is 4.38. The Balaban J connectivity index is 2.01. The first-order valence-corrected chi connectivity index (χ1v) is 6.87. The second-order valence-electron chi connectivity index (χ2n) is 5.49. The molecule has 0 aromatic rings. The van der Waals surface area contributed by atoms with Crippen LogP contribution in [-0.4, -0.2) is 47.3 Å². The van der Waals surface area contributed by atoms with Crippen molar-refractivity contribution < 1.29 is 5.11 Å². The van der Waals surface area contributed by atoms with Crippen LogP contribution in [0.15, 0.2) is 0 Å². The predicted molar refractivity (Wildman–Crippen MR) is 66.5 cm³/mol. The Morgan fingerprint density at radius 2 is 2.00 bits per heavy atom. The fourth-order valence-corrected chi connectivity index (χ4v) is 3.23. The molecule has 3 heteroatoms. The van der Waals surface area contributed by atoms with E-state index in [0.717, 1.165) is 6.54 Å². The first-order valence-electron chi connectivity index (χ1n) is 6.87. The van der Waals surface area contributed by atoms with E-state index in [1.165, 1.54) is 38.6 Å². The number of nitrogens with zero attached hydrogens (tertiary/aromatic N) is 1. The molecule has 3 nitrogen and oxygen atoms in total. The summed E-state index contributed by atoms with van der Waals surface area (Å²) in [6.07, 6.45) is 6.36. The van der Waals surface area contributed by atoms with Gasteiger partial charge in [-0.2, -0.15) is 0 Å². The van der Waals surface area contributed by atoms with Gasteiger partial charge in [-0.3, -0.25) is 4.90 Å². The molecule has 0 aromatic heterocycles. The van der Waals surface area contributed by atoms with Gasteiger partial charge in [-0.05, 0) is 52.6 Å². The van der Waals surface area contributed by atoms with Gasteiger partial charge < -0.3 is 10.4 Å². The number of nitrogens with one attached hydrogen (secondary N) is 1. The first-order chi connectivity index (χ1) is 7.70. The van der Waals surface area contributed by atoms with Crippen LogP contribution in [0, 0.1) is 0 Å². The third-order valence-electron chi connectivity index (χ3n) is 4.38. The second kappa shape index (κ2) is 5.48. The van der Waals surface area contributed by atoms with E-state index in [0.29, 0.717) is 18.1 Å². The number of likely N-dealkylation sites (tertiary alicyclic amines) is 1. The van der Waals surface area contributed by atoms with Crippen LogP contribution in [0.3, 0.4) is 0 Å². The lowest BCUT2D eigenvalue weighted by Crippen LogP contribution is -2.55. The van der Waals surface area contributed by atoms with Crippen molar-refractivity contribution in [2.24, 2.45) is 0 Å². The molecule has 2 N–H and O–H groups in total. The molecular formula is C13H26N2O. The standard InChI is InChI=1S/C13H26N2O/c1-10(11(2)16)15-9-4-3-7-13(15)12-6-5-8-14-12/h10-14,16H,3-9H2,1-2H3. The lowest BCUT2D eigenvalue weighted by molar-refractivity contribution is 0.0141. The van der Waals surface area contributed by atoms with Crippen LogP contribution >= 0.6 is 0 Å². The molecule has 2 heterocycles. The lowest BCUT2D eigenvalue weighted by atomic mass is 9.92. The van der Waals surface area contributed by atoms with Crippen LogP contribution < -0.4 is 5.32 Å². The van der Waals surface area contributed by atoms with Crippen molar-refractivity contribution in [1.82, 2.24) is 10.2 Å². The molecule has 94 valence electrons. The molecule has 0 amide bonds. The fourth-order valence-electron chi connectivity index (χ4n) is 3.23. The molecule has 2 fully saturated rings. The Morgan fingerprint density at radius 1 is 1.19 bits per heavy atom. The van der Waals surface area contributed by atoms with Crippen LogP contribution in [0.5, 0.6) is 0 Å². The van der Waals surface area contributed by atoms with Crippen molar-refractivity contribution in [2.75, 3.05) is 13.1 Å². The normalized spacial score (nSPS) is 36.2. The molecule has 2 aliphatic rings. The number of aliphatic hydroxyl groups is 1. The molecule has 0 aliphatic carbocycles. The summed E-state index contributed by atoms with van der Waals surface area (Å²) in [6, 6.07) is 1.62. The molecule has 0 radical (unpaired) electrons. The molecule has 16 heavy (non-hydrogen) atoms. The fraction of sp³-hybridized carbons (Fsp3) is 1.00. The monoisotopic (exact) mass is 226 g/mol. The maximum absolute atomic E-state index is 9.77. The zero-order valence-electron chi connectivity index (χ0n) is 10.7. The first kappa shape index (κ1) is 12.3. The molecule has 2 saturated heterocycles. The summed E-state index contributed by atoms with van der Waals surface area (Å²) >= 11 is 0. The summed E-state index contributed by atoms with van der Waals surface area (Å²) in [5.74, 6) is 0. The van der Waals surface area contributed by atoms with Gasteiger partial charge in [-0.15, -0.1) is 0 Å². The van der Waals surface area contributed by atoms with Gasteiger partial charge in [0.15, 0.2) is 0 Å². The lowest BCUT2D eigenvalue weighted by Gasteiger charge is -2.43. The van der Waals surface area contributed by atoms with Crippen molar-refractivity contribution >= 4 is 0 Å². The number of hydrogen-bond acceptors (Lipinski definition) is 3. The van der Waals surface area contributed by atoms with Crippen molar-refractivity contribution in [3.05, 3.63) is 0 Å².